The largest absolute Gasteiger partial charge is 0.497 e. The number of nitrogens with one attached hydrogen (secondary N) is 1. The molecule has 7 nitrogen and oxygen atoms in total. The van der Waals surface area contributed by atoms with E-state index in [9.17, 15) is 0 Å². The third-order valence-corrected chi connectivity index (χ3v) is 6.12. The van der Waals surface area contributed by atoms with Crippen molar-refractivity contribution in [3.63, 3.8) is 0 Å². The number of nitrogens with zero attached hydrogens (tertiary/aromatic N) is 4. The number of ether oxygens (including phenoxy) is 2. The minimum Gasteiger partial charge on any atom is -0.497 e. The minimum absolute atomic E-state index is 0.225. The molecular weight excluding hydrogens is 366 g/mol. The Balaban J connectivity index is 1.37. The van der Waals surface area contributed by atoms with Crippen LogP contribution in [0.2, 0.25) is 0 Å². The van der Waals surface area contributed by atoms with Crippen LogP contribution >= 0.6 is 0 Å². The maximum absolute atomic E-state index is 6.29. The van der Waals surface area contributed by atoms with E-state index >= 15 is 0 Å². The predicted octanol–water partition coefficient (Wildman–Crippen LogP) is 4.10. The Morgan fingerprint density at radius 2 is 2.00 bits per heavy atom. The Morgan fingerprint density at radius 1 is 1.14 bits per heavy atom. The maximum Gasteiger partial charge on any atom is 0.179 e. The second-order valence-electron chi connectivity index (χ2n) is 7.75. The summed E-state index contributed by atoms with van der Waals surface area (Å²) in [6, 6.07) is 10.1. The van der Waals surface area contributed by atoms with Gasteiger partial charge in [-0.3, -0.25) is 4.40 Å². The number of aromatic nitrogens is 5. The lowest BCUT2D eigenvalue weighted by molar-refractivity contribution is 0.0422. The van der Waals surface area contributed by atoms with Crippen molar-refractivity contribution in [2.24, 2.45) is 5.92 Å². The van der Waals surface area contributed by atoms with Crippen molar-refractivity contribution in [2.75, 3.05) is 7.11 Å². The van der Waals surface area contributed by atoms with Gasteiger partial charge in [0, 0.05) is 12.1 Å². The van der Waals surface area contributed by atoms with Crippen LogP contribution in [0.4, 0.5) is 0 Å². The summed E-state index contributed by atoms with van der Waals surface area (Å²) < 4.78 is 13.7. The van der Waals surface area contributed by atoms with E-state index in [-0.39, 0.29) is 6.10 Å². The van der Waals surface area contributed by atoms with Gasteiger partial charge >= 0.3 is 0 Å². The predicted molar refractivity (Wildman–Crippen MR) is 110 cm³/mol. The molecule has 0 radical (unpaired) electrons. The molecule has 3 atom stereocenters. The smallest absolute Gasteiger partial charge is 0.179 e. The summed E-state index contributed by atoms with van der Waals surface area (Å²) in [5, 5.41) is 8.95. The quantitative estimate of drug-likeness (QED) is 0.535. The molecular formula is C22H25N5O2. The van der Waals surface area contributed by atoms with Gasteiger partial charge in [-0.1, -0.05) is 25.5 Å². The van der Waals surface area contributed by atoms with Gasteiger partial charge in [0.05, 0.1) is 31.5 Å². The molecule has 29 heavy (non-hydrogen) atoms. The molecule has 7 heteroatoms. The lowest BCUT2D eigenvalue weighted by atomic mass is 9.93. The number of fused-ring (bicyclic) bond motifs is 3. The zero-order valence-electron chi connectivity index (χ0n) is 16.7. The summed E-state index contributed by atoms with van der Waals surface area (Å²) >= 11 is 0. The van der Waals surface area contributed by atoms with Crippen molar-refractivity contribution >= 4 is 16.8 Å². The Morgan fingerprint density at radius 3 is 2.79 bits per heavy atom. The molecule has 1 aromatic carbocycles. The molecule has 0 spiro atoms. The molecule has 0 amide bonds. The number of H-pyrrole nitrogens is 1. The van der Waals surface area contributed by atoms with E-state index in [0.717, 1.165) is 53.2 Å². The molecule has 4 aromatic rings. The molecule has 3 aromatic heterocycles. The van der Waals surface area contributed by atoms with Gasteiger partial charge in [-0.15, -0.1) is 10.2 Å². The highest BCUT2D eigenvalue weighted by molar-refractivity contribution is 5.74. The number of aromatic amines is 1. The molecule has 3 unspecified atom stereocenters. The van der Waals surface area contributed by atoms with Gasteiger partial charge in [0.15, 0.2) is 11.3 Å². The first-order chi connectivity index (χ1) is 14.3. The second kappa shape index (κ2) is 7.48. The van der Waals surface area contributed by atoms with Crippen molar-refractivity contribution in [1.82, 2.24) is 24.6 Å². The van der Waals surface area contributed by atoms with E-state index in [1.165, 1.54) is 0 Å². The zero-order chi connectivity index (χ0) is 19.8. The SMILES string of the molecule is CCC1CC(OCc2ccc(OC)cc2)CC1c1nnc2cnc3[nH]ccc3n12. The van der Waals surface area contributed by atoms with E-state index in [2.05, 4.69) is 43.6 Å². The van der Waals surface area contributed by atoms with Crippen LogP contribution in [0.1, 0.15) is 43.5 Å². The first-order valence-corrected chi connectivity index (χ1v) is 10.2. The summed E-state index contributed by atoms with van der Waals surface area (Å²) in [6.45, 7) is 2.87. The highest BCUT2D eigenvalue weighted by Gasteiger charge is 2.37. The molecule has 1 fully saturated rings. The van der Waals surface area contributed by atoms with E-state index in [4.69, 9.17) is 9.47 Å². The van der Waals surface area contributed by atoms with Gasteiger partial charge in [-0.05, 0) is 42.5 Å². The number of hydrogen-bond acceptors (Lipinski definition) is 5. The van der Waals surface area contributed by atoms with E-state index < -0.39 is 0 Å². The van der Waals surface area contributed by atoms with Gasteiger partial charge in [0.1, 0.15) is 11.6 Å². The van der Waals surface area contributed by atoms with Gasteiger partial charge in [0.2, 0.25) is 0 Å². The van der Waals surface area contributed by atoms with Gasteiger partial charge < -0.3 is 14.5 Å². The molecule has 0 aliphatic heterocycles. The fraction of sp³-hybridized carbons (Fsp3) is 0.409. The molecule has 1 aliphatic carbocycles. The first kappa shape index (κ1) is 18.1. The molecule has 5 rings (SSSR count). The summed E-state index contributed by atoms with van der Waals surface area (Å²) in [6.07, 6.45) is 7.03. The van der Waals surface area contributed by atoms with Crippen molar-refractivity contribution in [3.8, 4) is 5.75 Å². The molecule has 0 bridgehead atoms. The van der Waals surface area contributed by atoms with Crippen LogP contribution in [-0.4, -0.2) is 37.8 Å². The fourth-order valence-corrected chi connectivity index (χ4v) is 4.55. The first-order valence-electron chi connectivity index (χ1n) is 10.2. The number of hydrogen-bond donors (Lipinski definition) is 1. The van der Waals surface area contributed by atoms with Crippen LogP contribution < -0.4 is 4.74 Å². The second-order valence-corrected chi connectivity index (χ2v) is 7.75. The van der Waals surface area contributed by atoms with Crippen molar-refractivity contribution in [3.05, 3.63) is 54.1 Å². The Bertz CT molecular complexity index is 1120. The Kier molecular flexibility index (Phi) is 4.67. The molecule has 3 heterocycles. The topological polar surface area (TPSA) is 77.3 Å². The van der Waals surface area contributed by atoms with Gasteiger partial charge in [-0.2, -0.15) is 0 Å². The van der Waals surface area contributed by atoms with Crippen molar-refractivity contribution in [1.29, 1.82) is 0 Å². The summed E-state index contributed by atoms with van der Waals surface area (Å²) in [5.41, 5.74) is 3.84. The van der Waals surface area contributed by atoms with E-state index in [1.54, 1.807) is 13.3 Å². The normalized spacial score (nSPS) is 21.9. The van der Waals surface area contributed by atoms with Gasteiger partial charge in [0.25, 0.3) is 0 Å². The maximum atomic E-state index is 6.29. The molecule has 1 N–H and O–H groups in total. The number of methoxy groups -OCH3 is 1. The highest BCUT2D eigenvalue weighted by atomic mass is 16.5. The molecule has 1 aliphatic rings. The standard InChI is InChI=1S/C22H25N5O2/c1-3-15-10-17(29-13-14-4-6-16(28-2)7-5-14)11-18(15)22-26-25-20-12-24-21-19(27(20)22)8-9-23-21/h4-9,12,15,17-18,23H,3,10-11,13H2,1-2H3. The fourth-order valence-electron chi connectivity index (χ4n) is 4.55. The molecule has 1 saturated carbocycles. The van der Waals surface area contributed by atoms with Crippen molar-refractivity contribution in [2.45, 2.75) is 44.8 Å². The van der Waals surface area contributed by atoms with Crippen LogP contribution in [0.5, 0.6) is 5.75 Å². The average molecular weight is 391 g/mol. The van der Waals surface area contributed by atoms with E-state index in [1.807, 2.05) is 24.4 Å². The van der Waals surface area contributed by atoms with Crippen LogP contribution in [0.3, 0.4) is 0 Å². The van der Waals surface area contributed by atoms with Crippen LogP contribution in [0, 0.1) is 5.92 Å². The summed E-state index contributed by atoms with van der Waals surface area (Å²) in [5.74, 6) is 2.75. The van der Waals surface area contributed by atoms with Gasteiger partial charge in [-0.25, -0.2) is 4.98 Å². The van der Waals surface area contributed by atoms with Crippen LogP contribution in [-0.2, 0) is 11.3 Å². The number of rotatable bonds is 6. The summed E-state index contributed by atoms with van der Waals surface area (Å²) in [4.78, 5) is 7.61. The lowest BCUT2D eigenvalue weighted by Gasteiger charge is -2.15. The minimum atomic E-state index is 0.225. The van der Waals surface area contributed by atoms with Crippen LogP contribution in [0.25, 0.3) is 16.8 Å². The zero-order valence-corrected chi connectivity index (χ0v) is 16.7. The monoisotopic (exact) mass is 391 g/mol. The highest BCUT2D eigenvalue weighted by Crippen LogP contribution is 2.42. The van der Waals surface area contributed by atoms with Crippen LogP contribution in [0.15, 0.2) is 42.7 Å². The van der Waals surface area contributed by atoms with E-state index in [0.29, 0.717) is 18.4 Å². The molecule has 150 valence electrons. The third kappa shape index (κ3) is 3.25. The van der Waals surface area contributed by atoms with Crippen molar-refractivity contribution < 1.29 is 9.47 Å². The Hall–Kier alpha value is -2.93. The third-order valence-electron chi connectivity index (χ3n) is 6.12. The average Bonchev–Trinajstić information content (AvgIpc) is 3.48. The lowest BCUT2D eigenvalue weighted by Crippen LogP contribution is -2.10. The number of benzene rings is 1. The molecule has 0 saturated heterocycles. The summed E-state index contributed by atoms with van der Waals surface area (Å²) in [7, 11) is 1.68. The Labute approximate surface area is 169 Å².